The van der Waals surface area contributed by atoms with Crippen LogP contribution in [0.3, 0.4) is 0 Å². The maximum Gasteiger partial charge on any atom is 0.472 e. The van der Waals surface area contributed by atoms with Crippen molar-refractivity contribution in [3.05, 3.63) is 36.5 Å². The second-order valence-corrected chi connectivity index (χ2v) is 28.3. The number of rotatable bonds is 69. The molecule has 0 radical (unpaired) electrons. The van der Waals surface area contributed by atoms with Crippen molar-refractivity contribution in [2.24, 2.45) is 0 Å². The SMILES string of the molecule is CCCCC/C=C\C/C=C\CCCCCCCCCCCCCCCCCCCC(=O)NC(COP(=O)(O)OCC[N+](C)(C)C)C(/C=C\CCCCCCCCCCC)OC(=O)CCCCCCCCCCCCCCCCCCCCCCC. The van der Waals surface area contributed by atoms with Crippen molar-refractivity contribution in [2.45, 2.75) is 392 Å². The molecule has 0 rings (SSSR count). The Kier molecular flexibility index (Phi) is 63.8. The Hall–Kier alpha value is -1.77. The molecule has 0 saturated heterocycles. The summed E-state index contributed by atoms with van der Waals surface area (Å²) in [5.41, 5.74) is 0. The summed E-state index contributed by atoms with van der Waals surface area (Å²) in [6.07, 6.45) is 81.7. The third-order valence-electron chi connectivity index (χ3n) is 17.1. The van der Waals surface area contributed by atoms with E-state index < -0.39 is 20.0 Å². The molecule has 0 fully saturated rings. The number of quaternary nitrogens is 1. The van der Waals surface area contributed by atoms with Gasteiger partial charge in [0.05, 0.1) is 33.8 Å². The molecule has 0 spiro atoms. The summed E-state index contributed by atoms with van der Waals surface area (Å²) in [6, 6.07) is -0.844. The second-order valence-electron chi connectivity index (χ2n) is 26.8. The van der Waals surface area contributed by atoms with Crippen LogP contribution in [-0.4, -0.2) is 74.3 Å². The number of ether oxygens (including phenoxy) is 1. The molecule has 0 aliphatic carbocycles. The Morgan fingerprint density at radius 2 is 0.718 bits per heavy atom. The molecule has 0 aromatic rings. The molecule has 0 saturated carbocycles. The molecule has 0 aromatic heterocycles. The molecule has 3 atom stereocenters. The molecule has 10 heteroatoms. The van der Waals surface area contributed by atoms with Crippen LogP contribution >= 0.6 is 7.82 Å². The predicted octanol–water partition coefficient (Wildman–Crippen LogP) is 23.8. The van der Waals surface area contributed by atoms with Crippen LogP contribution in [0.15, 0.2) is 36.5 Å². The Labute approximate surface area is 529 Å². The van der Waals surface area contributed by atoms with Gasteiger partial charge in [-0.05, 0) is 63.9 Å². The molecule has 9 nitrogen and oxygen atoms in total. The van der Waals surface area contributed by atoms with Gasteiger partial charge in [-0.25, -0.2) is 4.57 Å². The Balaban J connectivity index is 4.91. The molecule has 0 bridgehead atoms. The first-order valence-electron chi connectivity index (χ1n) is 37.3. The van der Waals surface area contributed by atoms with Gasteiger partial charge in [0.15, 0.2) is 0 Å². The van der Waals surface area contributed by atoms with Crippen molar-refractivity contribution >= 4 is 19.7 Å². The fraction of sp³-hybridized carbons (Fsp3) is 0.893. The zero-order valence-corrected chi connectivity index (χ0v) is 58.5. The smallest absolute Gasteiger partial charge is 0.456 e. The monoisotopic (exact) mass is 1220 g/mol. The van der Waals surface area contributed by atoms with Crippen molar-refractivity contribution < 1.29 is 37.3 Å². The van der Waals surface area contributed by atoms with E-state index in [9.17, 15) is 19.0 Å². The normalized spacial score (nSPS) is 13.6. The lowest BCUT2D eigenvalue weighted by molar-refractivity contribution is -0.870. The zero-order valence-electron chi connectivity index (χ0n) is 57.6. The number of phosphoric acid groups is 1. The number of phosphoric ester groups is 1. The molecule has 0 aromatic carbocycles. The summed E-state index contributed by atoms with van der Waals surface area (Å²) in [5, 5.41) is 3.08. The Morgan fingerprint density at radius 1 is 0.412 bits per heavy atom. The number of hydrogen-bond acceptors (Lipinski definition) is 6. The number of amides is 1. The van der Waals surface area contributed by atoms with E-state index in [1.807, 2.05) is 33.3 Å². The minimum absolute atomic E-state index is 0.0439. The van der Waals surface area contributed by atoms with E-state index in [0.717, 1.165) is 64.2 Å². The van der Waals surface area contributed by atoms with Crippen LogP contribution in [0.4, 0.5) is 0 Å². The standard InChI is InChI=1S/C75H145N2O7P/c1-7-10-13-16-19-22-25-27-29-31-33-35-36-37-38-39-40-42-43-45-47-49-52-55-58-61-64-67-74(78)76-72(71-83-85(80,81)82-70-69-77(4,5)6)73(66-63-60-57-54-51-24-21-18-15-12-9-3)84-75(79)68-65-62-59-56-53-50-48-46-44-41-34-32-30-28-26-23-20-17-14-11-8-2/h19,22,27,29,63,66,72-73H,7-18,20-21,23-26,28,30-62,64-65,67-71H2,1-6H3,(H-,76,78,80,81)/p+1/b22-19-,29-27-,66-63-. The van der Waals surface area contributed by atoms with Crippen LogP contribution in [0.5, 0.6) is 0 Å². The average molecular weight is 1220 g/mol. The molecule has 3 unspecified atom stereocenters. The molecule has 85 heavy (non-hydrogen) atoms. The van der Waals surface area contributed by atoms with E-state index in [1.54, 1.807) is 0 Å². The van der Waals surface area contributed by atoms with Gasteiger partial charge >= 0.3 is 13.8 Å². The van der Waals surface area contributed by atoms with Crippen LogP contribution < -0.4 is 5.32 Å². The van der Waals surface area contributed by atoms with Gasteiger partial charge in [0, 0.05) is 12.8 Å². The highest BCUT2D eigenvalue weighted by atomic mass is 31.2. The van der Waals surface area contributed by atoms with Gasteiger partial charge in [0.25, 0.3) is 0 Å². The summed E-state index contributed by atoms with van der Waals surface area (Å²) in [4.78, 5) is 37.9. The number of carbonyl (C=O) groups is 2. The van der Waals surface area contributed by atoms with Crippen LogP contribution in [0.1, 0.15) is 380 Å². The highest BCUT2D eigenvalue weighted by Crippen LogP contribution is 2.43. The topological polar surface area (TPSA) is 111 Å². The van der Waals surface area contributed by atoms with Crippen molar-refractivity contribution in [2.75, 3.05) is 40.9 Å². The summed E-state index contributed by atoms with van der Waals surface area (Å²) >= 11 is 0. The minimum atomic E-state index is -4.45. The molecule has 0 aliphatic rings. The Morgan fingerprint density at radius 3 is 1.08 bits per heavy atom. The molecule has 0 heterocycles. The lowest BCUT2D eigenvalue weighted by Crippen LogP contribution is -2.47. The fourth-order valence-electron chi connectivity index (χ4n) is 11.3. The molecule has 2 N–H and O–H groups in total. The first-order chi connectivity index (χ1) is 41.4. The summed E-state index contributed by atoms with van der Waals surface area (Å²) in [7, 11) is 1.52. The van der Waals surface area contributed by atoms with E-state index >= 15 is 0 Å². The second kappa shape index (κ2) is 65.2. The van der Waals surface area contributed by atoms with E-state index in [1.165, 1.54) is 283 Å². The van der Waals surface area contributed by atoms with E-state index in [0.29, 0.717) is 23.9 Å². The maximum atomic E-state index is 13.6. The molecule has 1 amide bonds. The number of likely N-dealkylation sites (N-methyl/N-ethyl adjacent to an activating group) is 1. The number of hydrogen-bond donors (Lipinski definition) is 2. The minimum Gasteiger partial charge on any atom is -0.456 e. The van der Waals surface area contributed by atoms with Gasteiger partial charge < -0.3 is 19.4 Å². The van der Waals surface area contributed by atoms with Crippen molar-refractivity contribution in [3.8, 4) is 0 Å². The summed E-state index contributed by atoms with van der Waals surface area (Å²) in [6.45, 7) is 7.05. The molecule has 0 aliphatic heterocycles. The van der Waals surface area contributed by atoms with E-state index in [2.05, 4.69) is 50.4 Å². The van der Waals surface area contributed by atoms with Gasteiger partial charge in [0.2, 0.25) is 5.91 Å². The molecular weight excluding hydrogens is 1070 g/mol. The van der Waals surface area contributed by atoms with Gasteiger partial charge in [0.1, 0.15) is 19.3 Å². The predicted molar refractivity (Wildman–Crippen MR) is 369 cm³/mol. The zero-order chi connectivity index (χ0) is 62.1. The van der Waals surface area contributed by atoms with Gasteiger partial charge in [-0.2, -0.15) is 0 Å². The van der Waals surface area contributed by atoms with Crippen molar-refractivity contribution in [1.82, 2.24) is 5.32 Å². The van der Waals surface area contributed by atoms with Crippen molar-refractivity contribution in [1.29, 1.82) is 0 Å². The third-order valence-corrected chi connectivity index (χ3v) is 18.1. The number of esters is 1. The number of unbranched alkanes of at least 4 members (excludes halogenated alkanes) is 49. The highest BCUT2D eigenvalue weighted by molar-refractivity contribution is 7.47. The summed E-state index contributed by atoms with van der Waals surface area (Å²) < 4.78 is 30.9. The lowest BCUT2D eigenvalue weighted by atomic mass is 10.0. The maximum absolute atomic E-state index is 13.6. The van der Waals surface area contributed by atoms with Gasteiger partial charge in [-0.3, -0.25) is 18.6 Å². The van der Waals surface area contributed by atoms with Crippen LogP contribution in [-0.2, 0) is 27.9 Å². The van der Waals surface area contributed by atoms with E-state index in [4.69, 9.17) is 13.8 Å². The number of carbonyl (C=O) groups excluding carboxylic acids is 2. The quantitative estimate of drug-likeness (QED) is 0.0205. The molecule has 502 valence electrons. The summed E-state index contributed by atoms with van der Waals surface area (Å²) in [5.74, 6) is -0.482. The molecular formula is C75H146N2O7P+. The first-order valence-corrected chi connectivity index (χ1v) is 38.8. The highest BCUT2D eigenvalue weighted by Gasteiger charge is 2.30. The van der Waals surface area contributed by atoms with Gasteiger partial charge in [-0.15, -0.1) is 0 Å². The number of nitrogens with one attached hydrogen (secondary N) is 1. The fourth-order valence-corrected chi connectivity index (χ4v) is 12.1. The lowest BCUT2D eigenvalue weighted by Gasteiger charge is -2.27. The van der Waals surface area contributed by atoms with Gasteiger partial charge in [-0.1, -0.05) is 340 Å². The number of nitrogens with zero attached hydrogens (tertiary/aromatic N) is 1. The Bertz CT molecular complexity index is 1550. The van der Waals surface area contributed by atoms with Crippen LogP contribution in [0.25, 0.3) is 0 Å². The first kappa shape index (κ1) is 83.2. The van der Waals surface area contributed by atoms with Crippen molar-refractivity contribution in [3.63, 3.8) is 0 Å². The van der Waals surface area contributed by atoms with Crippen LogP contribution in [0, 0.1) is 0 Å². The average Bonchev–Trinajstić information content (AvgIpc) is 3.64. The van der Waals surface area contributed by atoms with Crippen LogP contribution in [0.2, 0.25) is 0 Å². The third kappa shape index (κ3) is 66.5. The largest absolute Gasteiger partial charge is 0.472 e. The number of allylic oxidation sites excluding steroid dienone is 5. The van der Waals surface area contributed by atoms with E-state index in [-0.39, 0.29) is 25.1 Å².